The Morgan fingerprint density at radius 3 is 2.75 bits per heavy atom. The molecule has 0 bridgehead atoms. The quantitative estimate of drug-likeness (QED) is 0.771. The molecular formula is C11H22N2O2S. The molecule has 1 amide bonds. The van der Waals surface area contributed by atoms with Crippen LogP contribution in [0.4, 0.5) is 0 Å². The van der Waals surface area contributed by atoms with Crippen LogP contribution in [0, 0.1) is 5.41 Å². The highest BCUT2D eigenvalue weighted by molar-refractivity contribution is 7.99. The summed E-state index contributed by atoms with van der Waals surface area (Å²) in [6.07, 6.45) is 0.0468. The highest BCUT2D eigenvalue weighted by atomic mass is 32.2. The van der Waals surface area contributed by atoms with Crippen LogP contribution in [0.15, 0.2) is 0 Å². The number of methoxy groups -OCH3 is 1. The molecule has 0 spiro atoms. The molecule has 0 radical (unpaired) electrons. The Bertz CT molecular complexity index is 235. The van der Waals surface area contributed by atoms with Crippen LogP contribution in [-0.4, -0.2) is 43.3 Å². The number of ether oxygens (including phenoxy) is 1. The zero-order chi connectivity index (χ0) is 12.2. The first kappa shape index (κ1) is 13.8. The number of rotatable bonds is 4. The first-order valence-electron chi connectivity index (χ1n) is 5.57. The first-order valence-corrected chi connectivity index (χ1v) is 6.72. The smallest absolute Gasteiger partial charge is 0.238 e. The molecule has 0 aromatic heterocycles. The van der Waals surface area contributed by atoms with Crippen molar-refractivity contribution < 1.29 is 9.53 Å². The predicted molar refractivity (Wildman–Crippen MR) is 67.5 cm³/mol. The highest BCUT2D eigenvalue weighted by Crippen LogP contribution is 2.21. The molecular weight excluding hydrogens is 224 g/mol. The SMILES string of the molecule is CO[C@@H](CNC(=O)[C@H]1CSCN1)C(C)(C)C. The molecule has 5 heteroatoms. The summed E-state index contributed by atoms with van der Waals surface area (Å²) in [5, 5.41) is 6.09. The lowest BCUT2D eigenvalue weighted by Crippen LogP contribution is -2.47. The fraction of sp³-hybridized carbons (Fsp3) is 0.909. The number of thioether (sulfide) groups is 1. The normalized spacial score (nSPS) is 23.1. The maximum atomic E-state index is 11.8. The van der Waals surface area contributed by atoms with Gasteiger partial charge in [0.25, 0.3) is 0 Å². The van der Waals surface area contributed by atoms with Crippen LogP contribution in [0.25, 0.3) is 0 Å². The molecule has 0 unspecified atom stereocenters. The van der Waals surface area contributed by atoms with E-state index in [0.717, 1.165) is 11.6 Å². The van der Waals surface area contributed by atoms with Gasteiger partial charge in [-0.25, -0.2) is 0 Å². The summed E-state index contributed by atoms with van der Waals surface area (Å²) in [5.74, 6) is 1.81. The molecule has 1 rings (SSSR count). The molecule has 2 atom stereocenters. The van der Waals surface area contributed by atoms with Crippen LogP contribution < -0.4 is 10.6 Å². The Morgan fingerprint density at radius 1 is 1.62 bits per heavy atom. The third-order valence-electron chi connectivity index (χ3n) is 2.74. The summed E-state index contributed by atoms with van der Waals surface area (Å²) in [4.78, 5) is 11.8. The van der Waals surface area contributed by atoms with Crippen molar-refractivity contribution in [3.8, 4) is 0 Å². The van der Waals surface area contributed by atoms with E-state index in [4.69, 9.17) is 4.74 Å². The van der Waals surface area contributed by atoms with Gasteiger partial charge in [-0.2, -0.15) is 0 Å². The minimum atomic E-state index is -0.0394. The maximum Gasteiger partial charge on any atom is 0.238 e. The maximum absolute atomic E-state index is 11.8. The van der Waals surface area contributed by atoms with Crippen molar-refractivity contribution in [3.63, 3.8) is 0 Å². The van der Waals surface area contributed by atoms with Gasteiger partial charge >= 0.3 is 0 Å². The average Bonchev–Trinajstić information content (AvgIpc) is 2.68. The number of carbonyl (C=O) groups excluding carboxylic acids is 1. The van der Waals surface area contributed by atoms with Crippen LogP contribution >= 0.6 is 11.8 Å². The van der Waals surface area contributed by atoms with Gasteiger partial charge < -0.3 is 10.1 Å². The van der Waals surface area contributed by atoms with E-state index >= 15 is 0 Å². The second-order valence-corrected chi connectivity index (χ2v) is 6.14. The molecule has 0 aromatic rings. The fourth-order valence-electron chi connectivity index (χ4n) is 1.62. The van der Waals surface area contributed by atoms with Gasteiger partial charge in [0, 0.05) is 25.3 Å². The van der Waals surface area contributed by atoms with E-state index in [1.165, 1.54) is 0 Å². The largest absolute Gasteiger partial charge is 0.379 e. The summed E-state index contributed by atoms with van der Waals surface area (Å²) >= 11 is 1.75. The molecule has 1 saturated heterocycles. The molecule has 16 heavy (non-hydrogen) atoms. The van der Waals surface area contributed by atoms with Crippen LogP contribution in [-0.2, 0) is 9.53 Å². The van der Waals surface area contributed by atoms with Crippen molar-refractivity contribution >= 4 is 17.7 Å². The molecule has 0 aliphatic carbocycles. The number of hydrogen-bond acceptors (Lipinski definition) is 4. The van der Waals surface area contributed by atoms with Crippen molar-refractivity contribution in [2.45, 2.75) is 32.9 Å². The van der Waals surface area contributed by atoms with Gasteiger partial charge in [0.1, 0.15) is 0 Å². The minimum Gasteiger partial charge on any atom is -0.379 e. The fourth-order valence-corrected chi connectivity index (χ4v) is 2.56. The van der Waals surface area contributed by atoms with E-state index in [-0.39, 0.29) is 23.5 Å². The highest BCUT2D eigenvalue weighted by Gasteiger charge is 2.27. The van der Waals surface area contributed by atoms with E-state index in [1.807, 2.05) is 0 Å². The van der Waals surface area contributed by atoms with Crippen molar-refractivity contribution in [1.29, 1.82) is 0 Å². The number of carbonyl (C=O) groups is 1. The van der Waals surface area contributed by atoms with Gasteiger partial charge in [0.2, 0.25) is 5.91 Å². The molecule has 2 N–H and O–H groups in total. The second-order valence-electron chi connectivity index (χ2n) is 5.11. The second kappa shape index (κ2) is 5.89. The van der Waals surface area contributed by atoms with Crippen LogP contribution in [0.1, 0.15) is 20.8 Å². The van der Waals surface area contributed by atoms with Crippen molar-refractivity contribution in [2.75, 3.05) is 25.3 Å². The van der Waals surface area contributed by atoms with E-state index in [0.29, 0.717) is 6.54 Å². The van der Waals surface area contributed by atoms with Gasteiger partial charge in [0.05, 0.1) is 12.1 Å². The van der Waals surface area contributed by atoms with E-state index < -0.39 is 0 Å². The topological polar surface area (TPSA) is 50.4 Å². The number of amides is 1. The van der Waals surface area contributed by atoms with E-state index in [1.54, 1.807) is 18.9 Å². The van der Waals surface area contributed by atoms with Gasteiger partial charge in [-0.1, -0.05) is 20.8 Å². The Hall–Kier alpha value is -0.260. The lowest BCUT2D eigenvalue weighted by Gasteiger charge is -2.29. The van der Waals surface area contributed by atoms with Gasteiger partial charge in [0.15, 0.2) is 0 Å². The molecule has 4 nitrogen and oxygen atoms in total. The molecule has 1 aliphatic rings. The lowest BCUT2D eigenvalue weighted by atomic mass is 9.89. The lowest BCUT2D eigenvalue weighted by molar-refractivity contribution is -0.123. The third-order valence-corrected chi connectivity index (χ3v) is 3.68. The molecule has 0 aromatic carbocycles. The summed E-state index contributed by atoms with van der Waals surface area (Å²) in [5.41, 5.74) is 0.0416. The Morgan fingerprint density at radius 2 is 2.31 bits per heavy atom. The van der Waals surface area contributed by atoms with Gasteiger partial charge in [-0.3, -0.25) is 10.1 Å². The van der Waals surface area contributed by atoms with Crippen LogP contribution in [0.5, 0.6) is 0 Å². The number of nitrogens with one attached hydrogen (secondary N) is 2. The molecule has 1 heterocycles. The molecule has 94 valence electrons. The first-order chi connectivity index (χ1) is 7.45. The summed E-state index contributed by atoms with van der Waals surface area (Å²) in [6, 6.07) is -0.0394. The zero-order valence-corrected chi connectivity index (χ0v) is 11.3. The van der Waals surface area contributed by atoms with Crippen molar-refractivity contribution in [3.05, 3.63) is 0 Å². The standard InChI is InChI=1S/C11H22N2O2S/c1-11(2,3)9(15-4)5-12-10(14)8-6-16-7-13-8/h8-9,13H,5-7H2,1-4H3,(H,12,14)/t8-,9+/m1/s1. The van der Waals surface area contributed by atoms with Gasteiger partial charge in [-0.15, -0.1) is 11.8 Å². The van der Waals surface area contributed by atoms with E-state index in [9.17, 15) is 4.79 Å². The molecule has 1 aliphatic heterocycles. The Kier molecular flexibility index (Phi) is 5.08. The summed E-state index contributed by atoms with van der Waals surface area (Å²) in [7, 11) is 1.69. The van der Waals surface area contributed by atoms with Crippen molar-refractivity contribution in [1.82, 2.24) is 10.6 Å². The minimum absolute atomic E-state index is 0.0394. The Balaban J connectivity index is 2.34. The summed E-state index contributed by atoms with van der Waals surface area (Å²) in [6.45, 7) is 6.90. The monoisotopic (exact) mass is 246 g/mol. The number of hydrogen-bond donors (Lipinski definition) is 2. The predicted octanol–water partition coefficient (Wildman–Crippen LogP) is 0.826. The Labute approximate surface area is 102 Å². The van der Waals surface area contributed by atoms with E-state index in [2.05, 4.69) is 31.4 Å². The average molecular weight is 246 g/mol. The molecule has 0 saturated carbocycles. The van der Waals surface area contributed by atoms with Gasteiger partial charge in [-0.05, 0) is 5.41 Å². The van der Waals surface area contributed by atoms with Crippen molar-refractivity contribution in [2.24, 2.45) is 5.41 Å². The zero-order valence-electron chi connectivity index (χ0n) is 10.5. The molecule has 1 fully saturated rings. The van der Waals surface area contributed by atoms with Crippen LogP contribution in [0.2, 0.25) is 0 Å². The summed E-state index contributed by atoms with van der Waals surface area (Å²) < 4.78 is 5.39. The van der Waals surface area contributed by atoms with Crippen LogP contribution in [0.3, 0.4) is 0 Å². The third kappa shape index (κ3) is 3.96.